The Kier molecular flexibility index (Phi) is 9.00. The van der Waals surface area contributed by atoms with Crippen molar-refractivity contribution in [2.45, 2.75) is 47.2 Å². The van der Waals surface area contributed by atoms with Crippen LogP contribution in [0.2, 0.25) is 0 Å². The SMILES string of the molecule is CCOC(C)Oc1ccc(Oc2ccc([S+](c3ccc(C(F)(F)F)cc3)c3ccc(C(F)(F)F)cc3)cc2)cc1. The molecule has 0 spiro atoms. The van der Waals surface area contributed by atoms with Crippen LogP contribution in [-0.2, 0) is 28.0 Å². The normalized spacial score (nSPS) is 12.8. The Morgan fingerprint density at radius 2 is 0.925 bits per heavy atom. The molecule has 0 saturated heterocycles. The topological polar surface area (TPSA) is 27.7 Å². The van der Waals surface area contributed by atoms with Crippen molar-refractivity contribution < 1.29 is 40.6 Å². The number of hydrogen-bond donors (Lipinski definition) is 0. The molecule has 0 fully saturated rings. The molecule has 0 saturated carbocycles. The fraction of sp³-hybridized carbons (Fsp3) is 0.200. The first kappa shape index (κ1) is 29.4. The predicted octanol–water partition coefficient (Wildman–Crippen LogP) is 9.37. The first-order chi connectivity index (χ1) is 18.9. The van der Waals surface area contributed by atoms with Crippen LogP contribution in [0.5, 0.6) is 17.2 Å². The number of ether oxygens (including phenoxy) is 3. The average Bonchev–Trinajstić information content (AvgIpc) is 2.91. The van der Waals surface area contributed by atoms with Crippen molar-refractivity contribution in [3.8, 4) is 17.2 Å². The lowest BCUT2D eigenvalue weighted by Crippen LogP contribution is -2.15. The first-order valence-electron chi connectivity index (χ1n) is 12.2. The molecule has 1 unspecified atom stereocenters. The number of hydrogen-bond acceptors (Lipinski definition) is 3. The smallest absolute Gasteiger partial charge is 0.416 e. The molecule has 0 bridgehead atoms. The van der Waals surface area contributed by atoms with Gasteiger partial charge >= 0.3 is 12.4 Å². The lowest BCUT2D eigenvalue weighted by molar-refractivity contribution is -0.138. The Morgan fingerprint density at radius 3 is 1.30 bits per heavy atom. The van der Waals surface area contributed by atoms with Gasteiger partial charge < -0.3 is 14.2 Å². The minimum atomic E-state index is -4.50. The summed E-state index contributed by atoms with van der Waals surface area (Å²) in [5.74, 6) is 1.66. The van der Waals surface area contributed by atoms with E-state index in [1.54, 1.807) is 55.5 Å². The van der Waals surface area contributed by atoms with Crippen LogP contribution in [0.15, 0.2) is 112 Å². The van der Waals surface area contributed by atoms with E-state index in [1.807, 2.05) is 6.92 Å². The third-order valence-electron chi connectivity index (χ3n) is 5.66. The molecule has 1 atom stereocenters. The standard InChI is InChI=1S/C30H25F6O3S/c1-3-37-20(2)38-23-8-10-24(11-9-23)39-25-12-18-28(19-13-25)40(26-14-4-21(5-15-26)29(31,32)33)27-16-6-22(7-17-27)30(34,35)36/h4-20H,3H2,1-2H3/q+1. The maximum Gasteiger partial charge on any atom is 0.416 e. The summed E-state index contributed by atoms with van der Waals surface area (Å²) < 4.78 is 95.6. The van der Waals surface area contributed by atoms with E-state index in [-0.39, 0.29) is 0 Å². The van der Waals surface area contributed by atoms with Crippen LogP contribution in [0.3, 0.4) is 0 Å². The molecule has 0 aromatic heterocycles. The maximum atomic E-state index is 13.1. The lowest BCUT2D eigenvalue weighted by Gasteiger charge is -2.14. The van der Waals surface area contributed by atoms with E-state index >= 15 is 0 Å². The molecule has 4 aromatic rings. The van der Waals surface area contributed by atoms with Crippen molar-refractivity contribution in [1.82, 2.24) is 0 Å². The van der Waals surface area contributed by atoms with Crippen molar-refractivity contribution in [3.63, 3.8) is 0 Å². The highest BCUT2D eigenvalue weighted by molar-refractivity contribution is 7.97. The van der Waals surface area contributed by atoms with Gasteiger partial charge in [-0.2, -0.15) is 26.3 Å². The minimum absolute atomic E-state index is 0.396. The van der Waals surface area contributed by atoms with Gasteiger partial charge in [-0.3, -0.25) is 0 Å². The molecule has 40 heavy (non-hydrogen) atoms. The summed E-state index contributed by atoms with van der Waals surface area (Å²) in [6, 6.07) is 23.1. The number of alkyl halides is 6. The van der Waals surface area contributed by atoms with E-state index in [0.717, 1.165) is 24.3 Å². The van der Waals surface area contributed by atoms with E-state index in [2.05, 4.69) is 0 Å². The molecule has 0 aliphatic heterocycles. The molecule has 210 valence electrons. The van der Waals surface area contributed by atoms with Crippen LogP contribution in [0.1, 0.15) is 25.0 Å². The Hall–Kier alpha value is -3.63. The summed E-state index contributed by atoms with van der Waals surface area (Å²) in [4.78, 5) is 1.75. The van der Waals surface area contributed by atoms with Gasteiger partial charge in [0.2, 0.25) is 0 Å². The second-order valence-corrected chi connectivity index (χ2v) is 10.6. The summed E-state index contributed by atoms with van der Waals surface area (Å²) in [5.41, 5.74) is -1.61. The molecule has 10 heteroatoms. The van der Waals surface area contributed by atoms with Crippen LogP contribution in [-0.4, -0.2) is 12.9 Å². The molecule has 0 aliphatic carbocycles. The zero-order valence-electron chi connectivity index (χ0n) is 21.4. The van der Waals surface area contributed by atoms with Crippen molar-refractivity contribution >= 4 is 10.9 Å². The molecule has 4 rings (SSSR count). The molecule has 0 N–H and O–H groups in total. The number of benzene rings is 4. The molecular weight excluding hydrogens is 554 g/mol. The molecular formula is C30H25F6O3S+. The van der Waals surface area contributed by atoms with E-state index in [1.165, 1.54) is 24.3 Å². The van der Waals surface area contributed by atoms with Gasteiger partial charge in [0.25, 0.3) is 0 Å². The number of halogens is 6. The van der Waals surface area contributed by atoms with Gasteiger partial charge in [0.1, 0.15) is 17.2 Å². The molecule has 3 nitrogen and oxygen atoms in total. The second-order valence-electron chi connectivity index (χ2n) is 8.54. The fourth-order valence-corrected chi connectivity index (χ4v) is 5.84. The number of rotatable bonds is 9. The Bertz CT molecular complexity index is 1310. The molecule has 0 radical (unpaired) electrons. The van der Waals surface area contributed by atoms with Gasteiger partial charge in [-0.05, 0) is 111 Å². The second kappa shape index (κ2) is 12.3. The zero-order chi connectivity index (χ0) is 28.9. The average molecular weight is 580 g/mol. The van der Waals surface area contributed by atoms with Crippen molar-refractivity contribution in [1.29, 1.82) is 0 Å². The molecule has 0 amide bonds. The summed E-state index contributed by atoms with van der Waals surface area (Å²) in [6.07, 6.45) is -9.40. The van der Waals surface area contributed by atoms with Crippen molar-refractivity contribution in [2.75, 3.05) is 6.61 Å². The van der Waals surface area contributed by atoms with Gasteiger partial charge in [-0.1, -0.05) is 0 Å². The lowest BCUT2D eigenvalue weighted by atomic mass is 10.2. The zero-order valence-corrected chi connectivity index (χ0v) is 22.2. The van der Waals surface area contributed by atoms with E-state index in [9.17, 15) is 26.3 Å². The van der Waals surface area contributed by atoms with E-state index in [0.29, 0.717) is 38.5 Å². The van der Waals surface area contributed by atoms with E-state index in [4.69, 9.17) is 14.2 Å². The van der Waals surface area contributed by atoms with Crippen LogP contribution in [0, 0.1) is 0 Å². The molecule has 0 heterocycles. The monoisotopic (exact) mass is 579 g/mol. The highest BCUT2D eigenvalue weighted by atomic mass is 32.2. The maximum absolute atomic E-state index is 13.1. The Labute approximate surface area is 230 Å². The molecule has 4 aromatic carbocycles. The summed E-state index contributed by atoms with van der Waals surface area (Å²) >= 11 is 0. The van der Waals surface area contributed by atoms with Gasteiger partial charge in [0, 0.05) is 6.61 Å². The summed E-state index contributed by atoms with van der Waals surface area (Å²) in [7, 11) is -0.969. The Morgan fingerprint density at radius 1 is 0.575 bits per heavy atom. The van der Waals surface area contributed by atoms with Crippen molar-refractivity contribution in [3.05, 3.63) is 108 Å². The highest BCUT2D eigenvalue weighted by Crippen LogP contribution is 2.37. The summed E-state index contributed by atoms with van der Waals surface area (Å²) in [6.45, 7) is 4.19. The van der Waals surface area contributed by atoms with Crippen LogP contribution in [0.4, 0.5) is 26.3 Å². The van der Waals surface area contributed by atoms with Gasteiger partial charge in [-0.15, -0.1) is 0 Å². The van der Waals surface area contributed by atoms with E-state index < -0.39 is 40.7 Å². The largest absolute Gasteiger partial charge is 0.465 e. The van der Waals surface area contributed by atoms with Crippen LogP contribution in [0.25, 0.3) is 0 Å². The predicted molar refractivity (Wildman–Crippen MR) is 140 cm³/mol. The van der Waals surface area contributed by atoms with Gasteiger partial charge in [0.05, 0.1) is 22.0 Å². The summed E-state index contributed by atoms with van der Waals surface area (Å²) in [5, 5.41) is 0. The first-order valence-corrected chi connectivity index (χ1v) is 13.4. The van der Waals surface area contributed by atoms with Crippen LogP contribution < -0.4 is 9.47 Å². The van der Waals surface area contributed by atoms with Crippen molar-refractivity contribution in [2.24, 2.45) is 0 Å². The van der Waals surface area contributed by atoms with Crippen LogP contribution >= 0.6 is 0 Å². The quantitative estimate of drug-likeness (QED) is 0.112. The third kappa shape index (κ3) is 7.51. The van der Waals surface area contributed by atoms with Gasteiger partial charge in [0.15, 0.2) is 21.0 Å². The Balaban J connectivity index is 1.58. The fourth-order valence-electron chi connectivity index (χ4n) is 3.79. The highest BCUT2D eigenvalue weighted by Gasteiger charge is 2.35. The minimum Gasteiger partial charge on any atom is -0.465 e. The third-order valence-corrected chi connectivity index (χ3v) is 7.89. The van der Waals surface area contributed by atoms with Gasteiger partial charge in [-0.25, -0.2) is 0 Å². The molecule has 0 aliphatic rings.